The number of hydrogen-bond acceptors (Lipinski definition) is 7. The van der Waals surface area contributed by atoms with Crippen LogP contribution in [0.1, 0.15) is 56.9 Å². The maximum Gasteiger partial charge on any atom is 0.323 e. The van der Waals surface area contributed by atoms with Gasteiger partial charge in [0.05, 0.1) is 19.8 Å². The molecule has 7 heteroatoms. The Labute approximate surface area is 198 Å². The molecule has 33 heavy (non-hydrogen) atoms. The van der Waals surface area contributed by atoms with Crippen molar-refractivity contribution < 1.29 is 29.6 Å². The number of aliphatic hydroxyl groups excluding tert-OH is 3. The Hall–Kier alpha value is -1.77. The van der Waals surface area contributed by atoms with E-state index in [0.29, 0.717) is 6.42 Å². The number of nitrogens with one attached hydrogen (secondary N) is 1. The Kier molecular flexibility index (Phi) is 17.4. The summed E-state index contributed by atoms with van der Waals surface area (Å²) >= 11 is 0. The highest BCUT2D eigenvalue weighted by molar-refractivity contribution is 5.76. The quantitative estimate of drug-likeness (QED) is 0.126. The number of carbonyl (C=O) groups is 1. The van der Waals surface area contributed by atoms with Crippen molar-refractivity contribution in [2.45, 2.75) is 76.0 Å². The van der Waals surface area contributed by atoms with Crippen LogP contribution in [-0.4, -0.2) is 72.5 Å². The van der Waals surface area contributed by atoms with Crippen molar-refractivity contribution in [1.29, 1.82) is 0 Å². The summed E-state index contributed by atoms with van der Waals surface area (Å²) in [6.45, 7) is 3.70. The second-order valence-electron chi connectivity index (χ2n) is 8.41. The molecule has 1 aromatic rings. The zero-order chi connectivity index (χ0) is 24.2. The molecular weight excluding hydrogens is 422 g/mol. The average Bonchev–Trinajstić information content (AvgIpc) is 2.83. The minimum Gasteiger partial charge on any atom is -0.462 e. The van der Waals surface area contributed by atoms with Crippen LogP contribution in [0.15, 0.2) is 43.0 Å². The number of benzene rings is 1. The van der Waals surface area contributed by atoms with E-state index in [1.54, 1.807) is 0 Å². The monoisotopic (exact) mass is 465 g/mol. The van der Waals surface area contributed by atoms with Gasteiger partial charge in [-0.3, -0.25) is 4.79 Å². The van der Waals surface area contributed by atoms with Crippen LogP contribution in [-0.2, 0) is 20.7 Å². The lowest BCUT2D eigenvalue weighted by molar-refractivity contribution is -0.150. The Morgan fingerprint density at radius 3 is 2.24 bits per heavy atom. The first-order valence-electron chi connectivity index (χ1n) is 12.2. The smallest absolute Gasteiger partial charge is 0.323 e. The van der Waals surface area contributed by atoms with Crippen LogP contribution < -0.4 is 5.32 Å². The molecule has 0 amide bonds. The van der Waals surface area contributed by atoms with E-state index in [4.69, 9.17) is 14.6 Å². The molecular formula is C26H43NO6. The van der Waals surface area contributed by atoms with Crippen molar-refractivity contribution in [2.75, 3.05) is 33.0 Å². The summed E-state index contributed by atoms with van der Waals surface area (Å²) in [7, 11) is 0. The molecule has 0 saturated carbocycles. The molecule has 0 heterocycles. The molecule has 0 aliphatic carbocycles. The molecule has 0 aliphatic rings. The van der Waals surface area contributed by atoms with Crippen LogP contribution in [0.25, 0.3) is 0 Å². The molecule has 188 valence electrons. The summed E-state index contributed by atoms with van der Waals surface area (Å²) in [6.07, 6.45) is 9.89. The molecule has 0 aromatic heterocycles. The lowest BCUT2D eigenvalue weighted by Gasteiger charge is -2.19. The Bertz CT molecular complexity index is 612. The van der Waals surface area contributed by atoms with Crippen molar-refractivity contribution in [3.8, 4) is 0 Å². The summed E-state index contributed by atoms with van der Waals surface area (Å²) < 4.78 is 10.4. The summed E-state index contributed by atoms with van der Waals surface area (Å²) in [6, 6.07) is 9.28. The van der Waals surface area contributed by atoms with Crippen LogP contribution >= 0.6 is 0 Å². The lowest BCUT2D eigenvalue weighted by Crippen LogP contribution is -2.41. The second-order valence-corrected chi connectivity index (χ2v) is 8.41. The maximum absolute atomic E-state index is 12.7. The number of aliphatic hydroxyl groups is 3. The van der Waals surface area contributed by atoms with Gasteiger partial charge in [-0.05, 0) is 37.8 Å². The highest BCUT2D eigenvalue weighted by Crippen LogP contribution is 2.09. The van der Waals surface area contributed by atoms with Gasteiger partial charge in [0.1, 0.15) is 24.9 Å². The fourth-order valence-electron chi connectivity index (χ4n) is 3.38. The summed E-state index contributed by atoms with van der Waals surface area (Å²) in [5.41, 5.74) is 1.04. The summed E-state index contributed by atoms with van der Waals surface area (Å²) in [5, 5.41) is 31.3. The predicted octanol–water partition coefficient (Wildman–Crippen LogP) is 2.77. The highest BCUT2D eigenvalue weighted by Gasteiger charge is 2.21. The lowest BCUT2D eigenvalue weighted by atomic mass is 10.1. The normalized spacial score (nSPS) is 13.9. The van der Waals surface area contributed by atoms with E-state index < -0.39 is 30.8 Å². The molecule has 3 unspecified atom stereocenters. The van der Waals surface area contributed by atoms with E-state index in [0.717, 1.165) is 31.4 Å². The largest absolute Gasteiger partial charge is 0.462 e. The van der Waals surface area contributed by atoms with Gasteiger partial charge in [0.25, 0.3) is 0 Å². The van der Waals surface area contributed by atoms with Gasteiger partial charge in [-0.2, -0.15) is 0 Å². The molecule has 1 rings (SSSR count). The number of carbonyl (C=O) groups excluding carboxylic acids is 1. The molecule has 0 aliphatic heterocycles. The Morgan fingerprint density at radius 1 is 0.939 bits per heavy atom. The van der Waals surface area contributed by atoms with Crippen LogP contribution in [0.4, 0.5) is 0 Å². The standard InChI is InChI=1S/C26H43NO6/c1-2-3-4-5-6-7-8-9-13-16-27-25(17-22-14-11-10-12-15-22)26(31)33-21-24(30)20-32-19-23(29)18-28/h2,10-12,14-15,23-25,27-30H,1,3-9,13,16-21H2. The predicted molar refractivity (Wildman–Crippen MR) is 130 cm³/mol. The van der Waals surface area contributed by atoms with Gasteiger partial charge in [0, 0.05) is 0 Å². The second kappa shape index (κ2) is 19.7. The molecule has 4 N–H and O–H groups in total. The molecule has 0 radical (unpaired) electrons. The van der Waals surface area contributed by atoms with Gasteiger partial charge in [0.15, 0.2) is 0 Å². The van der Waals surface area contributed by atoms with E-state index in [2.05, 4.69) is 11.9 Å². The van der Waals surface area contributed by atoms with Crippen LogP contribution in [0.3, 0.4) is 0 Å². The molecule has 7 nitrogen and oxygen atoms in total. The van der Waals surface area contributed by atoms with Crippen molar-refractivity contribution in [3.05, 3.63) is 48.6 Å². The van der Waals surface area contributed by atoms with Crippen LogP contribution in [0.2, 0.25) is 0 Å². The maximum atomic E-state index is 12.7. The van der Waals surface area contributed by atoms with Gasteiger partial charge in [-0.25, -0.2) is 0 Å². The number of esters is 1. The first-order chi connectivity index (χ1) is 16.1. The number of ether oxygens (including phenoxy) is 2. The third kappa shape index (κ3) is 15.7. The zero-order valence-corrected chi connectivity index (χ0v) is 19.9. The Morgan fingerprint density at radius 2 is 1.58 bits per heavy atom. The number of allylic oxidation sites excluding steroid dienone is 1. The highest BCUT2D eigenvalue weighted by atomic mass is 16.6. The van der Waals surface area contributed by atoms with E-state index in [9.17, 15) is 15.0 Å². The van der Waals surface area contributed by atoms with E-state index in [1.807, 2.05) is 36.4 Å². The molecule has 0 saturated heterocycles. The van der Waals surface area contributed by atoms with Crippen molar-refractivity contribution in [1.82, 2.24) is 5.32 Å². The van der Waals surface area contributed by atoms with Gasteiger partial charge in [-0.15, -0.1) is 6.58 Å². The summed E-state index contributed by atoms with van der Waals surface area (Å²) in [5.74, 6) is -0.407. The van der Waals surface area contributed by atoms with Gasteiger partial charge < -0.3 is 30.1 Å². The van der Waals surface area contributed by atoms with Gasteiger partial charge >= 0.3 is 5.97 Å². The van der Waals surface area contributed by atoms with Crippen molar-refractivity contribution in [3.63, 3.8) is 0 Å². The van der Waals surface area contributed by atoms with E-state index in [1.165, 1.54) is 32.1 Å². The number of rotatable bonds is 21. The van der Waals surface area contributed by atoms with Gasteiger partial charge in [0.2, 0.25) is 0 Å². The van der Waals surface area contributed by atoms with Crippen LogP contribution in [0.5, 0.6) is 0 Å². The SMILES string of the molecule is C=CCCCCCCCCCNC(Cc1ccccc1)C(=O)OCC(O)COCC(O)CO. The van der Waals surface area contributed by atoms with Crippen molar-refractivity contribution >= 4 is 5.97 Å². The molecule has 0 spiro atoms. The molecule has 0 fully saturated rings. The molecule has 0 bridgehead atoms. The topological polar surface area (TPSA) is 108 Å². The molecule has 3 atom stereocenters. The van der Waals surface area contributed by atoms with E-state index in [-0.39, 0.29) is 19.8 Å². The van der Waals surface area contributed by atoms with Crippen molar-refractivity contribution in [2.24, 2.45) is 0 Å². The van der Waals surface area contributed by atoms with Gasteiger partial charge in [-0.1, -0.05) is 68.5 Å². The number of unbranched alkanes of at least 4 members (excludes halogenated alkanes) is 7. The summed E-state index contributed by atoms with van der Waals surface area (Å²) in [4.78, 5) is 12.7. The zero-order valence-electron chi connectivity index (χ0n) is 19.9. The minimum absolute atomic E-state index is 0.0886. The van der Waals surface area contributed by atoms with Crippen LogP contribution in [0, 0.1) is 0 Å². The first-order valence-corrected chi connectivity index (χ1v) is 12.2. The number of hydrogen-bond donors (Lipinski definition) is 4. The fraction of sp³-hybridized carbons (Fsp3) is 0.654. The molecule has 1 aromatic carbocycles. The third-order valence-electron chi connectivity index (χ3n) is 5.29. The third-order valence-corrected chi connectivity index (χ3v) is 5.29. The Balaban J connectivity index is 2.34. The fourth-order valence-corrected chi connectivity index (χ4v) is 3.38. The minimum atomic E-state index is -0.997. The van der Waals surface area contributed by atoms with E-state index >= 15 is 0 Å². The average molecular weight is 466 g/mol. The first kappa shape index (κ1) is 29.3.